The molecule has 1 N–H and O–H groups in total. The molecular weight excluding hydrogens is 330 g/mol. The summed E-state index contributed by atoms with van der Waals surface area (Å²) in [6, 6.07) is 7.67. The van der Waals surface area contributed by atoms with Gasteiger partial charge in [-0.3, -0.25) is 4.79 Å². The third-order valence-electron chi connectivity index (χ3n) is 5.19. The van der Waals surface area contributed by atoms with Crippen LogP contribution in [0.1, 0.15) is 44.2 Å². The van der Waals surface area contributed by atoms with Gasteiger partial charge in [0.15, 0.2) is 5.76 Å². The first-order chi connectivity index (χ1) is 12.6. The molecule has 26 heavy (non-hydrogen) atoms. The van der Waals surface area contributed by atoms with E-state index in [0.29, 0.717) is 18.3 Å². The van der Waals surface area contributed by atoms with E-state index in [0.717, 1.165) is 43.5 Å². The van der Waals surface area contributed by atoms with E-state index in [1.165, 1.54) is 0 Å². The highest BCUT2D eigenvalue weighted by Crippen LogP contribution is 2.30. The lowest BCUT2D eigenvalue weighted by atomic mass is 9.90. The third-order valence-corrected chi connectivity index (χ3v) is 5.19. The fourth-order valence-corrected chi connectivity index (χ4v) is 3.41. The fraction of sp³-hybridized carbons (Fsp3) is 0.571. The molecule has 2 aliphatic rings. The Bertz CT molecular complexity index is 632. The van der Waals surface area contributed by atoms with E-state index in [-0.39, 0.29) is 18.4 Å². The first-order valence-corrected chi connectivity index (χ1v) is 9.55. The molecule has 1 aromatic carbocycles. The van der Waals surface area contributed by atoms with Crippen LogP contribution >= 0.6 is 0 Å². The molecule has 0 saturated carbocycles. The van der Waals surface area contributed by atoms with Crippen molar-refractivity contribution in [1.82, 2.24) is 4.90 Å². The maximum absolute atomic E-state index is 12.7. The number of rotatable bonds is 6. The molecule has 1 fully saturated rings. The minimum atomic E-state index is -0.411. The molecule has 1 amide bonds. The molecule has 2 heterocycles. The molecule has 0 bridgehead atoms. The highest BCUT2D eigenvalue weighted by molar-refractivity contribution is 5.91. The number of benzene rings is 1. The lowest BCUT2D eigenvalue weighted by Crippen LogP contribution is -2.35. The zero-order chi connectivity index (χ0) is 18.5. The number of nitrogens with zero attached hydrogens (tertiary/aromatic N) is 1. The Morgan fingerprint density at radius 2 is 1.88 bits per heavy atom. The third kappa shape index (κ3) is 4.65. The predicted octanol–water partition coefficient (Wildman–Crippen LogP) is 3.22. The number of carbonyl (C=O) groups is 1. The highest BCUT2D eigenvalue weighted by atomic mass is 16.7. The summed E-state index contributed by atoms with van der Waals surface area (Å²) >= 11 is 0. The molecule has 2 atom stereocenters. The number of ether oxygens (including phenoxy) is 2. The molecule has 0 aromatic heterocycles. The Balaban J connectivity index is 1.63. The molecule has 5 nitrogen and oxygen atoms in total. The van der Waals surface area contributed by atoms with Crippen molar-refractivity contribution in [2.24, 2.45) is 11.8 Å². The molecule has 3 rings (SSSR count). The number of likely N-dealkylation sites (tertiary alicyclic amines) is 1. The van der Waals surface area contributed by atoms with Gasteiger partial charge >= 0.3 is 0 Å². The summed E-state index contributed by atoms with van der Waals surface area (Å²) in [7, 11) is 0. The summed E-state index contributed by atoms with van der Waals surface area (Å²) in [5, 5.41) is 9.12. The van der Waals surface area contributed by atoms with Crippen LogP contribution in [0.15, 0.2) is 36.1 Å². The van der Waals surface area contributed by atoms with Crippen LogP contribution in [-0.2, 0) is 27.5 Å². The molecule has 5 heteroatoms. The number of hydrogen-bond acceptors (Lipinski definition) is 4. The van der Waals surface area contributed by atoms with E-state index >= 15 is 0 Å². The Kier molecular flexibility index (Phi) is 6.33. The average molecular weight is 359 g/mol. The first kappa shape index (κ1) is 18.9. The van der Waals surface area contributed by atoms with Gasteiger partial charge in [0.1, 0.15) is 0 Å². The molecule has 0 aliphatic carbocycles. The largest absolute Gasteiger partial charge is 0.459 e. The van der Waals surface area contributed by atoms with Crippen LogP contribution in [0.3, 0.4) is 0 Å². The van der Waals surface area contributed by atoms with Crippen molar-refractivity contribution in [2.45, 2.75) is 52.6 Å². The van der Waals surface area contributed by atoms with E-state index in [1.807, 2.05) is 35.2 Å². The normalized spacial score (nSPS) is 23.1. The number of carbonyl (C=O) groups excluding carboxylic acids is 1. The van der Waals surface area contributed by atoms with Crippen LogP contribution in [0.4, 0.5) is 0 Å². The van der Waals surface area contributed by atoms with E-state index in [1.54, 1.807) is 0 Å². The van der Waals surface area contributed by atoms with Crippen LogP contribution in [0, 0.1) is 11.8 Å². The second-order valence-electron chi connectivity index (χ2n) is 7.51. The van der Waals surface area contributed by atoms with Gasteiger partial charge in [0.2, 0.25) is 6.29 Å². The van der Waals surface area contributed by atoms with Gasteiger partial charge in [-0.1, -0.05) is 38.1 Å². The molecule has 1 aromatic rings. The SMILES string of the molecule is CC(C)[C@@H]1C=C(C(=O)N2CCCC2)O[C@H](OCc2ccc(CO)cc2)C1. The highest BCUT2D eigenvalue weighted by Gasteiger charge is 2.32. The molecule has 0 unspecified atom stereocenters. The quantitative estimate of drug-likeness (QED) is 0.847. The summed E-state index contributed by atoms with van der Waals surface area (Å²) in [5.41, 5.74) is 1.90. The topological polar surface area (TPSA) is 59.0 Å². The van der Waals surface area contributed by atoms with Crippen molar-refractivity contribution in [2.75, 3.05) is 13.1 Å². The monoisotopic (exact) mass is 359 g/mol. The van der Waals surface area contributed by atoms with Crippen molar-refractivity contribution < 1.29 is 19.4 Å². The Morgan fingerprint density at radius 3 is 2.50 bits per heavy atom. The van der Waals surface area contributed by atoms with Crippen molar-refractivity contribution in [3.8, 4) is 0 Å². The molecule has 142 valence electrons. The van der Waals surface area contributed by atoms with Gasteiger partial charge in [0.25, 0.3) is 5.91 Å². The number of hydrogen-bond donors (Lipinski definition) is 1. The van der Waals surface area contributed by atoms with Gasteiger partial charge in [-0.2, -0.15) is 0 Å². The van der Waals surface area contributed by atoms with Crippen molar-refractivity contribution in [1.29, 1.82) is 0 Å². The van der Waals surface area contributed by atoms with Gasteiger partial charge < -0.3 is 19.5 Å². The first-order valence-electron chi connectivity index (χ1n) is 9.55. The Labute approximate surface area is 155 Å². The second kappa shape index (κ2) is 8.69. The smallest absolute Gasteiger partial charge is 0.288 e. The summed E-state index contributed by atoms with van der Waals surface area (Å²) in [6.07, 6.45) is 4.46. The van der Waals surface area contributed by atoms with Crippen LogP contribution < -0.4 is 0 Å². The second-order valence-corrected chi connectivity index (χ2v) is 7.51. The van der Waals surface area contributed by atoms with Gasteiger partial charge in [-0.15, -0.1) is 0 Å². The zero-order valence-electron chi connectivity index (χ0n) is 15.7. The number of amides is 1. The molecule has 0 spiro atoms. The average Bonchev–Trinajstić information content (AvgIpc) is 3.20. The van der Waals surface area contributed by atoms with E-state index in [4.69, 9.17) is 14.6 Å². The van der Waals surface area contributed by atoms with E-state index in [9.17, 15) is 4.79 Å². The van der Waals surface area contributed by atoms with E-state index < -0.39 is 6.29 Å². The molecular formula is C21H29NO4. The van der Waals surface area contributed by atoms with Gasteiger partial charge in [0.05, 0.1) is 13.2 Å². The predicted molar refractivity (Wildman–Crippen MR) is 98.9 cm³/mol. The lowest BCUT2D eigenvalue weighted by Gasteiger charge is -2.32. The lowest BCUT2D eigenvalue weighted by molar-refractivity contribution is -0.159. The Hall–Kier alpha value is -1.85. The van der Waals surface area contributed by atoms with Crippen molar-refractivity contribution in [3.05, 3.63) is 47.2 Å². The van der Waals surface area contributed by atoms with Crippen LogP contribution in [0.2, 0.25) is 0 Å². The summed E-state index contributed by atoms with van der Waals surface area (Å²) in [6.45, 7) is 6.41. The standard InChI is InChI=1S/C21H29NO4/c1-15(2)18-11-19(21(24)22-9-3-4-10-22)26-20(12-18)25-14-17-7-5-16(13-23)6-8-17/h5-8,11,15,18,20,23H,3-4,9-10,12-14H2,1-2H3/t18-,20+/m1/s1. The Morgan fingerprint density at radius 1 is 1.23 bits per heavy atom. The minimum absolute atomic E-state index is 0.00579. The van der Waals surface area contributed by atoms with Crippen LogP contribution in [0.5, 0.6) is 0 Å². The molecule has 2 aliphatic heterocycles. The minimum Gasteiger partial charge on any atom is -0.459 e. The number of aliphatic hydroxyl groups excluding tert-OH is 1. The van der Waals surface area contributed by atoms with Crippen LogP contribution in [0.25, 0.3) is 0 Å². The van der Waals surface area contributed by atoms with E-state index in [2.05, 4.69) is 13.8 Å². The molecule has 0 radical (unpaired) electrons. The summed E-state index contributed by atoms with van der Waals surface area (Å²) in [5.74, 6) is 1.13. The summed E-state index contributed by atoms with van der Waals surface area (Å²) < 4.78 is 11.9. The van der Waals surface area contributed by atoms with Gasteiger partial charge in [-0.25, -0.2) is 0 Å². The zero-order valence-corrected chi connectivity index (χ0v) is 15.7. The summed E-state index contributed by atoms with van der Waals surface area (Å²) in [4.78, 5) is 14.6. The maximum Gasteiger partial charge on any atom is 0.288 e. The number of aliphatic hydroxyl groups is 1. The van der Waals surface area contributed by atoms with Crippen molar-refractivity contribution in [3.63, 3.8) is 0 Å². The van der Waals surface area contributed by atoms with Crippen molar-refractivity contribution >= 4 is 5.91 Å². The van der Waals surface area contributed by atoms with Gasteiger partial charge in [0, 0.05) is 19.5 Å². The van der Waals surface area contributed by atoms with Crippen LogP contribution in [-0.4, -0.2) is 35.3 Å². The maximum atomic E-state index is 12.7. The number of allylic oxidation sites excluding steroid dienone is 1. The van der Waals surface area contributed by atoms with Gasteiger partial charge in [-0.05, 0) is 41.9 Å². The fourth-order valence-electron chi connectivity index (χ4n) is 3.41. The molecule has 1 saturated heterocycles.